The van der Waals surface area contributed by atoms with E-state index in [0.717, 1.165) is 0 Å². The fourth-order valence-electron chi connectivity index (χ4n) is 3.20. The van der Waals surface area contributed by atoms with Gasteiger partial charge in [0.2, 0.25) is 0 Å². The Hall–Kier alpha value is -3.73. The minimum atomic E-state index is -0.674. The fourth-order valence-corrected chi connectivity index (χ4v) is 3.20. The number of nitrogens with zero attached hydrogens (tertiary/aromatic N) is 3. The lowest BCUT2D eigenvalue weighted by Crippen LogP contribution is -2.50. The number of ketones is 1. The number of carbonyl (C=O) groups is 3. The summed E-state index contributed by atoms with van der Waals surface area (Å²) in [4.78, 5) is 39.1. The summed E-state index contributed by atoms with van der Waals surface area (Å²) < 4.78 is 19.4. The average molecular weight is 409 g/mol. The Bertz CT molecular complexity index is 1020. The van der Waals surface area contributed by atoms with Crippen LogP contribution in [-0.4, -0.2) is 55.3 Å². The molecule has 154 valence electrons. The van der Waals surface area contributed by atoms with E-state index in [0.29, 0.717) is 43.0 Å². The number of piperazine rings is 1. The zero-order chi connectivity index (χ0) is 21.7. The molecule has 0 bridgehead atoms. The van der Waals surface area contributed by atoms with E-state index in [1.807, 2.05) is 11.0 Å². The van der Waals surface area contributed by atoms with Crippen LogP contribution in [0.1, 0.15) is 33.2 Å². The molecule has 1 aliphatic rings. The third-order valence-corrected chi connectivity index (χ3v) is 4.88. The molecule has 1 amide bonds. The van der Waals surface area contributed by atoms with Crippen molar-refractivity contribution in [2.45, 2.75) is 6.92 Å². The zero-order valence-electron chi connectivity index (χ0n) is 16.4. The maximum absolute atomic E-state index is 14.3. The molecule has 30 heavy (non-hydrogen) atoms. The Balaban J connectivity index is 1.52. The monoisotopic (exact) mass is 409 g/mol. The summed E-state index contributed by atoms with van der Waals surface area (Å²) in [6.07, 6.45) is 0. The van der Waals surface area contributed by atoms with Gasteiger partial charge in [-0.2, -0.15) is 5.26 Å². The Morgan fingerprint density at radius 3 is 2.43 bits per heavy atom. The summed E-state index contributed by atoms with van der Waals surface area (Å²) >= 11 is 0. The highest BCUT2D eigenvalue weighted by molar-refractivity contribution is 5.94. The molecule has 2 aromatic carbocycles. The van der Waals surface area contributed by atoms with E-state index in [1.54, 1.807) is 29.2 Å². The van der Waals surface area contributed by atoms with E-state index in [2.05, 4.69) is 0 Å². The van der Waals surface area contributed by atoms with Crippen LogP contribution in [0.3, 0.4) is 0 Å². The second kappa shape index (κ2) is 9.18. The number of Topliss-reactive ketones (excluding diaryl/α,β-unsaturated/α-hetero) is 1. The summed E-state index contributed by atoms with van der Waals surface area (Å²) in [6, 6.07) is 12.4. The molecule has 1 heterocycles. The van der Waals surface area contributed by atoms with Crippen molar-refractivity contribution in [3.63, 3.8) is 0 Å². The number of carbonyl (C=O) groups excluding carboxylic acids is 3. The lowest BCUT2D eigenvalue weighted by atomic mass is 10.1. The first-order chi connectivity index (χ1) is 14.4. The smallest absolute Gasteiger partial charge is 0.338 e. The maximum atomic E-state index is 14.3. The molecule has 1 fully saturated rings. The van der Waals surface area contributed by atoms with Crippen LogP contribution in [0.5, 0.6) is 0 Å². The van der Waals surface area contributed by atoms with Crippen LogP contribution in [-0.2, 0) is 9.53 Å². The molecule has 0 radical (unpaired) electrons. The van der Waals surface area contributed by atoms with Gasteiger partial charge in [0.05, 0.1) is 22.9 Å². The van der Waals surface area contributed by atoms with Crippen LogP contribution in [0.2, 0.25) is 0 Å². The van der Waals surface area contributed by atoms with Gasteiger partial charge >= 0.3 is 5.97 Å². The van der Waals surface area contributed by atoms with Gasteiger partial charge in [-0.1, -0.05) is 6.07 Å². The van der Waals surface area contributed by atoms with Gasteiger partial charge in [-0.15, -0.1) is 0 Å². The molecule has 0 atom stereocenters. The van der Waals surface area contributed by atoms with Gasteiger partial charge in [-0.05, 0) is 43.3 Å². The Morgan fingerprint density at radius 1 is 1.07 bits per heavy atom. The van der Waals surface area contributed by atoms with E-state index in [9.17, 15) is 18.8 Å². The predicted molar refractivity (Wildman–Crippen MR) is 107 cm³/mol. The van der Waals surface area contributed by atoms with Gasteiger partial charge in [-0.25, -0.2) is 9.18 Å². The normalized spacial score (nSPS) is 13.5. The summed E-state index contributed by atoms with van der Waals surface area (Å²) in [5.74, 6) is -1.70. The first-order valence-electron chi connectivity index (χ1n) is 9.39. The first kappa shape index (κ1) is 21.0. The van der Waals surface area contributed by atoms with Gasteiger partial charge < -0.3 is 14.5 Å². The minimum absolute atomic E-state index is 0.204. The molecule has 1 aliphatic heterocycles. The molecule has 3 rings (SSSR count). The fraction of sp³-hybridized carbons (Fsp3) is 0.273. The lowest BCUT2D eigenvalue weighted by molar-refractivity contribution is -0.134. The molecule has 2 aromatic rings. The number of hydrogen-bond acceptors (Lipinski definition) is 6. The number of anilines is 1. The zero-order valence-corrected chi connectivity index (χ0v) is 16.4. The van der Waals surface area contributed by atoms with Gasteiger partial charge in [0.1, 0.15) is 5.82 Å². The number of halogens is 1. The number of esters is 1. The standard InChI is InChI=1S/C22H20FN3O4/c1-15(27)17-5-6-20(19(23)12-17)25-7-9-26(10-8-25)21(28)14-30-22(29)18-4-2-3-16(11-18)13-24/h2-6,11-12H,7-10,14H2,1H3. The molecule has 8 heteroatoms. The summed E-state index contributed by atoms with van der Waals surface area (Å²) in [7, 11) is 0. The van der Waals surface area contributed by atoms with Crippen LogP contribution in [0.15, 0.2) is 42.5 Å². The lowest BCUT2D eigenvalue weighted by Gasteiger charge is -2.36. The van der Waals surface area contributed by atoms with Crippen molar-refractivity contribution in [2.75, 3.05) is 37.7 Å². The van der Waals surface area contributed by atoms with Crippen LogP contribution in [0, 0.1) is 17.1 Å². The Morgan fingerprint density at radius 2 is 1.80 bits per heavy atom. The van der Waals surface area contributed by atoms with Crippen LogP contribution in [0.25, 0.3) is 0 Å². The number of nitriles is 1. The van der Waals surface area contributed by atoms with E-state index >= 15 is 0 Å². The second-order valence-corrected chi connectivity index (χ2v) is 6.86. The largest absolute Gasteiger partial charge is 0.452 e. The molecule has 0 aliphatic carbocycles. The third kappa shape index (κ3) is 4.81. The average Bonchev–Trinajstić information content (AvgIpc) is 2.77. The van der Waals surface area contributed by atoms with E-state index < -0.39 is 18.4 Å². The molecule has 0 unspecified atom stereocenters. The van der Waals surface area contributed by atoms with Crippen molar-refractivity contribution in [1.29, 1.82) is 5.26 Å². The number of amides is 1. The minimum Gasteiger partial charge on any atom is -0.452 e. The van der Waals surface area contributed by atoms with E-state index in [4.69, 9.17) is 10.00 Å². The van der Waals surface area contributed by atoms with Crippen molar-refractivity contribution in [3.8, 4) is 6.07 Å². The van der Waals surface area contributed by atoms with Crippen molar-refractivity contribution < 1.29 is 23.5 Å². The topological polar surface area (TPSA) is 90.7 Å². The molecule has 0 aromatic heterocycles. The number of benzene rings is 2. The Kier molecular flexibility index (Phi) is 6.42. The van der Waals surface area contributed by atoms with Crippen molar-refractivity contribution in [1.82, 2.24) is 4.90 Å². The number of hydrogen-bond donors (Lipinski definition) is 0. The molecular formula is C22H20FN3O4. The molecule has 1 saturated heterocycles. The summed E-state index contributed by atoms with van der Waals surface area (Å²) in [5, 5.41) is 8.89. The van der Waals surface area contributed by atoms with Gasteiger partial charge in [0.25, 0.3) is 5.91 Å². The first-order valence-corrected chi connectivity index (χ1v) is 9.39. The molecule has 0 spiro atoms. The number of ether oxygens (including phenoxy) is 1. The van der Waals surface area contributed by atoms with Crippen molar-refractivity contribution in [3.05, 3.63) is 65.0 Å². The van der Waals surface area contributed by atoms with Crippen molar-refractivity contribution >= 4 is 23.3 Å². The highest BCUT2D eigenvalue weighted by Crippen LogP contribution is 2.22. The summed E-state index contributed by atoms with van der Waals surface area (Å²) in [6.45, 7) is 2.52. The highest BCUT2D eigenvalue weighted by atomic mass is 19.1. The van der Waals surface area contributed by atoms with Crippen LogP contribution < -0.4 is 4.90 Å². The summed E-state index contributed by atoms with van der Waals surface area (Å²) in [5.41, 5.74) is 1.23. The van der Waals surface area contributed by atoms with Gasteiger partial charge in [0.15, 0.2) is 12.4 Å². The number of rotatable bonds is 5. The van der Waals surface area contributed by atoms with Crippen molar-refractivity contribution in [2.24, 2.45) is 0 Å². The molecule has 0 saturated carbocycles. The van der Waals surface area contributed by atoms with Gasteiger partial charge in [0, 0.05) is 31.7 Å². The quantitative estimate of drug-likeness (QED) is 0.556. The van der Waals surface area contributed by atoms with Gasteiger partial charge in [-0.3, -0.25) is 9.59 Å². The molecule has 7 nitrogen and oxygen atoms in total. The maximum Gasteiger partial charge on any atom is 0.338 e. The van der Waals surface area contributed by atoms with Crippen LogP contribution >= 0.6 is 0 Å². The Labute approximate surface area is 173 Å². The van der Waals surface area contributed by atoms with Crippen LogP contribution in [0.4, 0.5) is 10.1 Å². The van der Waals surface area contributed by atoms with E-state index in [1.165, 1.54) is 25.1 Å². The SMILES string of the molecule is CC(=O)c1ccc(N2CCN(C(=O)COC(=O)c3cccc(C#N)c3)CC2)c(F)c1. The predicted octanol–water partition coefficient (Wildman–Crippen LogP) is 2.41. The van der Waals surface area contributed by atoms with E-state index in [-0.39, 0.29) is 17.3 Å². The highest BCUT2D eigenvalue weighted by Gasteiger charge is 2.24. The molecular weight excluding hydrogens is 389 g/mol. The third-order valence-electron chi connectivity index (χ3n) is 4.88. The molecule has 0 N–H and O–H groups in total. The second-order valence-electron chi connectivity index (χ2n) is 6.86.